The maximum absolute atomic E-state index is 12.1. The van der Waals surface area contributed by atoms with Crippen molar-refractivity contribution in [3.63, 3.8) is 0 Å². The number of benzene rings is 1. The van der Waals surface area contributed by atoms with E-state index in [2.05, 4.69) is 15.8 Å². The van der Waals surface area contributed by atoms with Crippen LogP contribution in [0.4, 0.5) is 10.6 Å². The van der Waals surface area contributed by atoms with E-state index in [0.717, 1.165) is 24.2 Å². The summed E-state index contributed by atoms with van der Waals surface area (Å²) in [6, 6.07) is 8.53. The van der Waals surface area contributed by atoms with Crippen molar-refractivity contribution in [2.75, 3.05) is 31.7 Å². The Kier molecular flexibility index (Phi) is 6.49. The van der Waals surface area contributed by atoms with Crippen LogP contribution in [0.5, 0.6) is 0 Å². The largest absolute Gasteiger partial charge is 0.396 e. The van der Waals surface area contributed by atoms with E-state index in [1.165, 1.54) is 0 Å². The Morgan fingerprint density at radius 1 is 1.31 bits per heavy atom. The van der Waals surface area contributed by atoms with Crippen molar-refractivity contribution in [1.29, 1.82) is 0 Å². The molecular weight excluding hydrogens is 358 g/mol. The maximum Gasteiger partial charge on any atom is 0.320 e. The lowest BCUT2D eigenvalue weighted by atomic mass is 9.98. The van der Waals surface area contributed by atoms with Crippen LogP contribution in [0.3, 0.4) is 0 Å². The van der Waals surface area contributed by atoms with Crippen LogP contribution in [0.15, 0.2) is 34.9 Å². The third kappa shape index (κ3) is 4.97. The number of hydrogen-bond donors (Lipinski definition) is 3. The normalized spacial score (nSPS) is 16.2. The molecule has 140 valence electrons. The number of nitrogens with zero attached hydrogens (tertiary/aromatic N) is 1. The van der Waals surface area contributed by atoms with Crippen LogP contribution in [0.2, 0.25) is 5.02 Å². The first-order chi connectivity index (χ1) is 12.7. The highest BCUT2D eigenvalue weighted by Gasteiger charge is 2.21. The van der Waals surface area contributed by atoms with Crippen molar-refractivity contribution < 1.29 is 19.2 Å². The molecule has 2 aromatic rings. The van der Waals surface area contributed by atoms with Crippen LogP contribution in [-0.4, -0.2) is 42.7 Å². The molecule has 1 unspecified atom stereocenters. The van der Waals surface area contributed by atoms with Crippen LogP contribution < -0.4 is 10.6 Å². The topological polar surface area (TPSA) is 96.6 Å². The molecule has 2 amide bonds. The summed E-state index contributed by atoms with van der Waals surface area (Å²) < 4.78 is 10.7. The smallest absolute Gasteiger partial charge is 0.320 e. The number of halogens is 1. The summed E-state index contributed by atoms with van der Waals surface area (Å²) in [5.41, 5.74) is 0.903. The van der Waals surface area contributed by atoms with Crippen LogP contribution in [-0.2, 0) is 4.74 Å². The molecule has 1 fully saturated rings. The van der Waals surface area contributed by atoms with Crippen molar-refractivity contribution in [3.8, 4) is 0 Å². The van der Waals surface area contributed by atoms with Gasteiger partial charge in [0, 0.05) is 42.7 Å². The fraction of sp³-hybridized carbons (Fsp3) is 0.444. The zero-order valence-electron chi connectivity index (χ0n) is 14.3. The molecule has 7 nitrogen and oxygen atoms in total. The quantitative estimate of drug-likeness (QED) is 0.716. The van der Waals surface area contributed by atoms with Crippen LogP contribution in [0.1, 0.15) is 36.0 Å². The molecule has 2 heterocycles. The minimum absolute atomic E-state index is 0.0836. The second-order valence-corrected chi connectivity index (χ2v) is 6.70. The van der Waals surface area contributed by atoms with Gasteiger partial charge in [-0.1, -0.05) is 28.9 Å². The molecule has 0 aliphatic carbocycles. The van der Waals surface area contributed by atoms with Gasteiger partial charge in [-0.25, -0.2) is 4.79 Å². The van der Waals surface area contributed by atoms with Gasteiger partial charge >= 0.3 is 6.03 Å². The number of rotatable bonds is 6. The summed E-state index contributed by atoms with van der Waals surface area (Å²) in [4.78, 5) is 12.1. The summed E-state index contributed by atoms with van der Waals surface area (Å²) in [5, 5.41) is 19.5. The van der Waals surface area contributed by atoms with E-state index in [-0.39, 0.29) is 25.0 Å². The molecule has 0 saturated carbocycles. The molecule has 0 radical (unpaired) electrons. The van der Waals surface area contributed by atoms with Gasteiger partial charge in [0.15, 0.2) is 5.82 Å². The lowest BCUT2D eigenvalue weighted by Crippen LogP contribution is -2.33. The number of carbonyl (C=O) groups excluding carboxylic acids is 1. The molecule has 1 aliphatic heterocycles. The van der Waals surface area contributed by atoms with Gasteiger partial charge in [-0.05, 0) is 30.5 Å². The highest BCUT2D eigenvalue weighted by Crippen LogP contribution is 2.28. The van der Waals surface area contributed by atoms with Gasteiger partial charge in [0.1, 0.15) is 5.76 Å². The molecule has 26 heavy (non-hydrogen) atoms. The summed E-state index contributed by atoms with van der Waals surface area (Å²) >= 11 is 5.87. The number of anilines is 1. The van der Waals surface area contributed by atoms with E-state index in [4.69, 9.17) is 20.9 Å². The molecule has 3 N–H and O–H groups in total. The average Bonchev–Trinajstić information content (AvgIpc) is 3.13. The third-order valence-corrected chi connectivity index (χ3v) is 4.72. The molecule has 8 heteroatoms. The van der Waals surface area contributed by atoms with E-state index >= 15 is 0 Å². The number of carbonyl (C=O) groups is 1. The van der Waals surface area contributed by atoms with Gasteiger partial charge in [0.05, 0.1) is 6.61 Å². The number of nitrogens with one attached hydrogen (secondary N) is 2. The Hall–Kier alpha value is -2.09. The molecule has 0 spiro atoms. The standard InChI is InChI=1S/C18H22ClN3O4/c19-15-3-1-12(2-4-15)14(11-23)10-20-18(24)21-17-9-16(26-22-17)13-5-7-25-8-6-13/h1-4,9,13-14,23H,5-8,10-11H2,(H2,20,21,22,24). The maximum atomic E-state index is 12.1. The summed E-state index contributed by atoms with van der Waals surface area (Å²) in [7, 11) is 0. The number of aliphatic hydroxyl groups excluding tert-OH is 1. The Morgan fingerprint density at radius 3 is 2.73 bits per heavy atom. The fourth-order valence-corrected chi connectivity index (χ4v) is 3.05. The van der Waals surface area contributed by atoms with Gasteiger partial charge in [-0.3, -0.25) is 5.32 Å². The zero-order valence-corrected chi connectivity index (χ0v) is 15.0. The van der Waals surface area contributed by atoms with E-state index in [1.54, 1.807) is 18.2 Å². The second kappa shape index (κ2) is 9.02. The number of amides is 2. The summed E-state index contributed by atoms with van der Waals surface area (Å²) in [6.07, 6.45) is 1.78. The molecule has 3 rings (SSSR count). The third-order valence-electron chi connectivity index (χ3n) is 4.46. The Balaban J connectivity index is 1.50. The molecule has 1 aromatic carbocycles. The van der Waals surface area contributed by atoms with Gasteiger partial charge in [0.2, 0.25) is 0 Å². The van der Waals surface area contributed by atoms with Crippen molar-refractivity contribution in [2.45, 2.75) is 24.7 Å². The Morgan fingerprint density at radius 2 is 2.04 bits per heavy atom. The first-order valence-corrected chi connectivity index (χ1v) is 8.99. The number of aliphatic hydroxyl groups is 1. The minimum Gasteiger partial charge on any atom is -0.396 e. The van der Waals surface area contributed by atoms with Crippen molar-refractivity contribution >= 4 is 23.4 Å². The van der Waals surface area contributed by atoms with E-state index in [0.29, 0.717) is 24.1 Å². The number of aromatic nitrogens is 1. The highest BCUT2D eigenvalue weighted by molar-refractivity contribution is 6.30. The van der Waals surface area contributed by atoms with Gasteiger partial charge < -0.3 is 19.7 Å². The second-order valence-electron chi connectivity index (χ2n) is 6.27. The average molecular weight is 380 g/mol. The van der Waals surface area contributed by atoms with E-state index in [1.807, 2.05) is 12.1 Å². The predicted molar refractivity (Wildman–Crippen MR) is 97.6 cm³/mol. The summed E-state index contributed by atoms with van der Waals surface area (Å²) in [6.45, 7) is 1.62. The lowest BCUT2D eigenvalue weighted by molar-refractivity contribution is 0.0791. The van der Waals surface area contributed by atoms with Gasteiger partial charge in [0.25, 0.3) is 0 Å². The number of urea groups is 1. The van der Waals surface area contributed by atoms with Crippen molar-refractivity contribution in [3.05, 3.63) is 46.7 Å². The predicted octanol–water partition coefficient (Wildman–Crippen LogP) is 3.12. The molecular formula is C18H22ClN3O4. The van der Waals surface area contributed by atoms with Crippen molar-refractivity contribution in [2.24, 2.45) is 0 Å². The van der Waals surface area contributed by atoms with Gasteiger partial charge in [-0.2, -0.15) is 0 Å². The van der Waals surface area contributed by atoms with Crippen LogP contribution >= 0.6 is 11.6 Å². The van der Waals surface area contributed by atoms with Gasteiger partial charge in [-0.15, -0.1) is 0 Å². The lowest BCUT2D eigenvalue weighted by Gasteiger charge is -2.18. The summed E-state index contributed by atoms with van der Waals surface area (Å²) in [5.74, 6) is 1.20. The van der Waals surface area contributed by atoms with E-state index in [9.17, 15) is 9.90 Å². The Bertz CT molecular complexity index is 713. The highest BCUT2D eigenvalue weighted by atomic mass is 35.5. The number of hydrogen-bond acceptors (Lipinski definition) is 5. The molecule has 1 aromatic heterocycles. The van der Waals surface area contributed by atoms with Crippen LogP contribution in [0, 0.1) is 0 Å². The first-order valence-electron chi connectivity index (χ1n) is 8.61. The first kappa shape index (κ1) is 18.7. The molecule has 1 aliphatic rings. The molecule has 0 bridgehead atoms. The van der Waals surface area contributed by atoms with Crippen molar-refractivity contribution in [1.82, 2.24) is 10.5 Å². The fourth-order valence-electron chi connectivity index (χ4n) is 2.92. The monoisotopic (exact) mass is 379 g/mol. The minimum atomic E-state index is -0.399. The molecule has 1 atom stereocenters. The van der Waals surface area contributed by atoms with E-state index < -0.39 is 6.03 Å². The molecule has 1 saturated heterocycles. The zero-order chi connectivity index (χ0) is 18.4. The SMILES string of the molecule is O=C(NCC(CO)c1ccc(Cl)cc1)Nc1cc(C2CCOCC2)on1. The number of ether oxygens (including phenoxy) is 1. The Labute approximate surface area is 156 Å². The van der Waals surface area contributed by atoms with Crippen LogP contribution in [0.25, 0.3) is 0 Å².